The summed E-state index contributed by atoms with van der Waals surface area (Å²) < 4.78 is 0. The molecule has 124 valence electrons. The van der Waals surface area contributed by atoms with E-state index in [1.54, 1.807) is 18.5 Å². The van der Waals surface area contributed by atoms with Crippen LogP contribution in [0.5, 0.6) is 0 Å². The second-order valence-corrected chi connectivity index (χ2v) is 6.45. The van der Waals surface area contributed by atoms with Crippen LogP contribution in [-0.2, 0) is 11.3 Å². The predicted molar refractivity (Wildman–Crippen MR) is 101 cm³/mol. The van der Waals surface area contributed by atoms with E-state index in [0.29, 0.717) is 12.6 Å². The summed E-state index contributed by atoms with van der Waals surface area (Å²) in [5.41, 5.74) is 2.19. The van der Waals surface area contributed by atoms with Crippen LogP contribution in [0.15, 0.2) is 73.1 Å². The molecule has 1 aliphatic carbocycles. The van der Waals surface area contributed by atoms with E-state index < -0.39 is 0 Å². The van der Waals surface area contributed by atoms with Gasteiger partial charge in [0.25, 0.3) is 0 Å². The van der Waals surface area contributed by atoms with Crippen LogP contribution in [0.1, 0.15) is 24.0 Å². The Morgan fingerprint density at radius 2 is 1.80 bits per heavy atom. The number of amides is 1. The van der Waals surface area contributed by atoms with Gasteiger partial charge in [0.1, 0.15) is 0 Å². The van der Waals surface area contributed by atoms with Crippen molar-refractivity contribution in [3.8, 4) is 0 Å². The molecule has 0 radical (unpaired) electrons. The van der Waals surface area contributed by atoms with Crippen LogP contribution >= 0.6 is 0 Å². The third kappa shape index (κ3) is 3.61. The summed E-state index contributed by atoms with van der Waals surface area (Å²) in [6, 6.07) is 18.7. The Balaban J connectivity index is 1.55. The van der Waals surface area contributed by atoms with Gasteiger partial charge >= 0.3 is 0 Å². The number of fused-ring (bicyclic) bond motifs is 1. The standard InChI is InChI=1S/C22H20N2O/c25-22(24(20-9-10-20)16-17-12-14-23-15-13-17)11-8-19-6-3-5-18-4-1-2-7-21(18)19/h1-8,11-15,20H,9-10,16H2/b11-8+. The zero-order valence-electron chi connectivity index (χ0n) is 14.0. The maximum Gasteiger partial charge on any atom is 0.247 e. The van der Waals surface area contributed by atoms with Crippen molar-refractivity contribution in [1.29, 1.82) is 0 Å². The highest BCUT2D eigenvalue weighted by molar-refractivity contribution is 5.96. The summed E-state index contributed by atoms with van der Waals surface area (Å²) in [4.78, 5) is 18.8. The molecule has 0 atom stereocenters. The lowest BCUT2D eigenvalue weighted by atomic mass is 10.0. The number of pyridine rings is 1. The second-order valence-electron chi connectivity index (χ2n) is 6.45. The zero-order chi connectivity index (χ0) is 17.1. The zero-order valence-corrected chi connectivity index (χ0v) is 14.0. The molecule has 0 saturated heterocycles. The molecule has 1 fully saturated rings. The maximum absolute atomic E-state index is 12.8. The average molecular weight is 328 g/mol. The Bertz CT molecular complexity index is 908. The van der Waals surface area contributed by atoms with Crippen molar-refractivity contribution in [2.75, 3.05) is 0 Å². The average Bonchev–Trinajstić information content (AvgIpc) is 3.50. The fourth-order valence-corrected chi connectivity index (χ4v) is 3.11. The molecule has 3 nitrogen and oxygen atoms in total. The number of hydrogen-bond acceptors (Lipinski definition) is 2. The highest BCUT2D eigenvalue weighted by Crippen LogP contribution is 2.29. The van der Waals surface area contributed by atoms with Crippen LogP contribution in [0.2, 0.25) is 0 Å². The minimum atomic E-state index is 0.0762. The van der Waals surface area contributed by atoms with E-state index in [-0.39, 0.29) is 5.91 Å². The van der Waals surface area contributed by atoms with Gasteiger partial charge in [-0.2, -0.15) is 0 Å². The van der Waals surface area contributed by atoms with Gasteiger partial charge in [-0.15, -0.1) is 0 Å². The third-order valence-corrected chi connectivity index (χ3v) is 4.60. The van der Waals surface area contributed by atoms with Crippen molar-refractivity contribution in [3.63, 3.8) is 0 Å². The monoisotopic (exact) mass is 328 g/mol. The van der Waals surface area contributed by atoms with Crippen LogP contribution in [0.25, 0.3) is 16.8 Å². The summed E-state index contributed by atoms with van der Waals surface area (Å²) in [5, 5.41) is 2.36. The quantitative estimate of drug-likeness (QED) is 0.649. The van der Waals surface area contributed by atoms with E-state index in [0.717, 1.165) is 24.0 Å². The predicted octanol–water partition coefficient (Wildman–Crippen LogP) is 4.44. The first-order valence-electron chi connectivity index (χ1n) is 8.66. The van der Waals surface area contributed by atoms with Crippen molar-refractivity contribution >= 4 is 22.8 Å². The van der Waals surface area contributed by atoms with Gasteiger partial charge in [0.2, 0.25) is 5.91 Å². The molecule has 1 saturated carbocycles. The van der Waals surface area contributed by atoms with Crippen LogP contribution in [-0.4, -0.2) is 21.8 Å². The minimum Gasteiger partial charge on any atom is -0.332 e. The van der Waals surface area contributed by atoms with E-state index in [1.807, 2.05) is 41.3 Å². The van der Waals surface area contributed by atoms with Gasteiger partial charge in [-0.3, -0.25) is 9.78 Å². The molecule has 0 spiro atoms. The van der Waals surface area contributed by atoms with Crippen LogP contribution in [0.4, 0.5) is 0 Å². The van der Waals surface area contributed by atoms with Crippen LogP contribution < -0.4 is 0 Å². The minimum absolute atomic E-state index is 0.0762. The van der Waals surface area contributed by atoms with Gasteiger partial charge in [-0.05, 0) is 52.9 Å². The lowest BCUT2D eigenvalue weighted by Gasteiger charge is -2.20. The number of benzene rings is 2. The molecule has 1 amide bonds. The van der Waals surface area contributed by atoms with Gasteiger partial charge < -0.3 is 4.90 Å². The highest BCUT2D eigenvalue weighted by atomic mass is 16.2. The molecule has 4 rings (SSSR count). The summed E-state index contributed by atoms with van der Waals surface area (Å²) in [7, 11) is 0. The molecular formula is C22H20N2O. The van der Waals surface area contributed by atoms with Gasteiger partial charge in [0.05, 0.1) is 0 Å². The summed E-state index contributed by atoms with van der Waals surface area (Å²) in [6.45, 7) is 0.645. The molecule has 1 heterocycles. The lowest BCUT2D eigenvalue weighted by Crippen LogP contribution is -2.31. The summed E-state index contributed by atoms with van der Waals surface area (Å²) in [6.07, 6.45) is 9.39. The fourth-order valence-electron chi connectivity index (χ4n) is 3.11. The normalized spacial score (nSPS) is 14.1. The van der Waals surface area contributed by atoms with E-state index in [4.69, 9.17) is 0 Å². The van der Waals surface area contributed by atoms with E-state index in [1.165, 1.54) is 10.8 Å². The summed E-state index contributed by atoms with van der Waals surface area (Å²) in [5.74, 6) is 0.0762. The van der Waals surface area contributed by atoms with E-state index in [9.17, 15) is 4.79 Å². The molecule has 25 heavy (non-hydrogen) atoms. The maximum atomic E-state index is 12.8. The van der Waals surface area contributed by atoms with Gasteiger partial charge in [0, 0.05) is 31.1 Å². The Morgan fingerprint density at radius 3 is 2.60 bits per heavy atom. The summed E-state index contributed by atoms with van der Waals surface area (Å²) >= 11 is 0. The first-order chi connectivity index (χ1) is 12.3. The Labute approximate surface area is 147 Å². The van der Waals surface area contributed by atoms with Crippen molar-refractivity contribution in [2.24, 2.45) is 0 Å². The van der Waals surface area contributed by atoms with Gasteiger partial charge in [-0.1, -0.05) is 42.5 Å². The number of carbonyl (C=O) groups is 1. The SMILES string of the molecule is O=C(/C=C/c1cccc2ccccc12)N(Cc1ccncc1)C1CC1. The molecule has 2 aromatic carbocycles. The fraction of sp³-hybridized carbons (Fsp3) is 0.182. The molecule has 1 aliphatic rings. The largest absolute Gasteiger partial charge is 0.332 e. The van der Waals surface area contributed by atoms with Crippen molar-refractivity contribution < 1.29 is 4.79 Å². The molecule has 0 unspecified atom stereocenters. The Morgan fingerprint density at radius 1 is 1.04 bits per heavy atom. The Hall–Kier alpha value is -2.94. The molecule has 1 aromatic heterocycles. The molecule has 0 N–H and O–H groups in total. The number of rotatable bonds is 5. The number of aromatic nitrogens is 1. The van der Waals surface area contributed by atoms with Crippen LogP contribution in [0.3, 0.4) is 0 Å². The Kier molecular flexibility index (Phi) is 4.30. The second kappa shape index (κ2) is 6.89. The number of nitrogens with zero attached hydrogens (tertiary/aromatic N) is 2. The highest BCUT2D eigenvalue weighted by Gasteiger charge is 2.31. The lowest BCUT2D eigenvalue weighted by molar-refractivity contribution is -0.127. The first-order valence-corrected chi connectivity index (χ1v) is 8.66. The first kappa shape index (κ1) is 15.6. The van der Waals surface area contributed by atoms with E-state index in [2.05, 4.69) is 29.2 Å². The van der Waals surface area contributed by atoms with Gasteiger partial charge in [-0.25, -0.2) is 0 Å². The topological polar surface area (TPSA) is 33.2 Å². The molecular weight excluding hydrogens is 308 g/mol. The molecule has 3 aromatic rings. The third-order valence-electron chi connectivity index (χ3n) is 4.60. The molecule has 0 bridgehead atoms. The van der Waals surface area contributed by atoms with Crippen LogP contribution in [0, 0.1) is 0 Å². The van der Waals surface area contributed by atoms with Gasteiger partial charge in [0.15, 0.2) is 0 Å². The molecule has 0 aliphatic heterocycles. The smallest absolute Gasteiger partial charge is 0.247 e. The van der Waals surface area contributed by atoms with Crippen molar-refractivity contribution in [2.45, 2.75) is 25.4 Å². The number of carbonyl (C=O) groups excluding carboxylic acids is 1. The van der Waals surface area contributed by atoms with Crippen molar-refractivity contribution in [3.05, 3.63) is 84.2 Å². The number of hydrogen-bond donors (Lipinski definition) is 0. The van der Waals surface area contributed by atoms with Crippen molar-refractivity contribution in [1.82, 2.24) is 9.88 Å². The van der Waals surface area contributed by atoms with E-state index >= 15 is 0 Å². The molecule has 3 heteroatoms.